The van der Waals surface area contributed by atoms with Crippen LogP contribution < -0.4 is 5.73 Å². The number of nitrogens with two attached hydrogens (primary N) is 1. The van der Waals surface area contributed by atoms with E-state index in [1.54, 1.807) is 0 Å². The van der Waals surface area contributed by atoms with Gasteiger partial charge in [0.15, 0.2) is 0 Å². The second-order valence-corrected chi connectivity index (χ2v) is 5.56. The topological polar surface area (TPSA) is 32.5 Å². The molecular formula is C11H23N3. The standard InChI is InChI=1S/C11H23N3/c1-11(2,12)9-13-6-7-14-5-3-4-10(14)8-13/h10H,3-9,12H2,1-2H3. The maximum absolute atomic E-state index is 6.05. The van der Waals surface area contributed by atoms with Gasteiger partial charge >= 0.3 is 0 Å². The van der Waals surface area contributed by atoms with Crippen LogP contribution in [0.3, 0.4) is 0 Å². The summed E-state index contributed by atoms with van der Waals surface area (Å²) < 4.78 is 0. The van der Waals surface area contributed by atoms with Gasteiger partial charge in [0.1, 0.15) is 0 Å². The van der Waals surface area contributed by atoms with E-state index in [1.807, 2.05) is 0 Å². The summed E-state index contributed by atoms with van der Waals surface area (Å²) in [4.78, 5) is 5.17. The molecule has 1 unspecified atom stereocenters. The number of rotatable bonds is 2. The van der Waals surface area contributed by atoms with Crippen LogP contribution in [-0.4, -0.2) is 54.1 Å². The van der Waals surface area contributed by atoms with Crippen molar-refractivity contribution in [3.05, 3.63) is 0 Å². The zero-order valence-electron chi connectivity index (χ0n) is 9.50. The molecule has 0 aromatic rings. The number of hydrogen-bond donors (Lipinski definition) is 1. The minimum absolute atomic E-state index is 0.0409. The van der Waals surface area contributed by atoms with Crippen LogP contribution in [0.15, 0.2) is 0 Å². The lowest BCUT2D eigenvalue weighted by atomic mass is 10.0. The molecule has 1 atom stereocenters. The summed E-state index contributed by atoms with van der Waals surface area (Å²) in [5.74, 6) is 0. The summed E-state index contributed by atoms with van der Waals surface area (Å²) in [7, 11) is 0. The molecule has 2 rings (SSSR count). The van der Waals surface area contributed by atoms with Crippen molar-refractivity contribution in [2.24, 2.45) is 5.73 Å². The highest BCUT2D eigenvalue weighted by molar-refractivity contribution is 4.89. The molecule has 0 spiro atoms. The third-order valence-corrected chi connectivity index (χ3v) is 3.30. The Morgan fingerprint density at radius 1 is 1.29 bits per heavy atom. The van der Waals surface area contributed by atoms with Gasteiger partial charge in [0.2, 0.25) is 0 Å². The zero-order chi connectivity index (χ0) is 10.2. The predicted octanol–water partition coefficient (Wildman–Crippen LogP) is 0.504. The van der Waals surface area contributed by atoms with Crippen molar-refractivity contribution in [1.29, 1.82) is 0 Å². The molecule has 0 saturated carbocycles. The van der Waals surface area contributed by atoms with E-state index in [9.17, 15) is 0 Å². The molecule has 3 nitrogen and oxygen atoms in total. The van der Waals surface area contributed by atoms with Crippen LogP contribution in [-0.2, 0) is 0 Å². The highest BCUT2D eigenvalue weighted by atomic mass is 15.3. The molecule has 2 aliphatic heterocycles. The Labute approximate surface area is 87.2 Å². The number of nitrogens with zero attached hydrogens (tertiary/aromatic N) is 2. The first-order valence-electron chi connectivity index (χ1n) is 5.80. The molecule has 2 saturated heterocycles. The van der Waals surface area contributed by atoms with Crippen LogP contribution in [0.5, 0.6) is 0 Å². The lowest BCUT2D eigenvalue weighted by Gasteiger charge is -2.40. The Balaban J connectivity index is 1.85. The molecule has 0 aliphatic carbocycles. The third-order valence-electron chi connectivity index (χ3n) is 3.30. The fourth-order valence-corrected chi connectivity index (χ4v) is 2.78. The Kier molecular flexibility index (Phi) is 2.82. The SMILES string of the molecule is CC(C)(N)CN1CCN2CCCC2C1. The van der Waals surface area contributed by atoms with Crippen LogP contribution in [0.2, 0.25) is 0 Å². The van der Waals surface area contributed by atoms with Crippen LogP contribution in [0.25, 0.3) is 0 Å². The van der Waals surface area contributed by atoms with Crippen molar-refractivity contribution in [1.82, 2.24) is 9.80 Å². The van der Waals surface area contributed by atoms with Crippen LogP contribution in [0.1, 0.15) is 26.7 Å². The monoisotopic (exact) mass is 197 g/mol. The van der Waals surface area contributed by atoms with E-state index in [2.05, 4.69) is 23.6 Å². The summed E-state index contributed by atoms with van der Waals surface area (Å²) in [6, 6.07) is 0.825. The van der Waals surface area contributed by atoms with E-state index in [-0.39, 0.29) is 5.54 Å². The van der Waals surface area contributed by atoms with Crippen molar-refractivity contribution in [3.63, 3.8) is 0 Å². The summed E-state index contributed by atoms with van der Waals surface area (Å²) in [6.45, 7) is 10.3. The maximum Gasteiger partial charge on any atom is 0.0226 e. The number of piperazine rings is 1. The van der Waals surface area contributed by atoms with Crippen LogP contribution >= 0.6 is 0 Å². The molecule has 2 fully saturated rings. The molecule has 3 heteroatoms. The van der Waals surface area contributed by atoms with Gasteiger partial charge in [-0.15, -0.1) is 0 Å². The second kappa shape index (κ2) is 3.80. The molecule has 2 heterocycles. The maximum atomic E-state index is 6.05. The van der Waals surface area contributed by atoms with Crippen molar-refractivity contribution < 1.29 is 0 Å². The Morgan fingerprint density at radius 2 is 2.07 bits per heavy atom. The van der Waals surface area contributed by atoms with E-state index < -0.39 is 0 Å². The summed E-state index contributed by atoms with van der Waals surface area (Å²) in [5, 5.41) is 0. The van der Waals surface area contributed by atoms with E-state index in [1.165, 1.54) is 39.0 Å². The minimum atomic E-state index is -0.0409. The van der Waals surface area contributed by atoms with E-state index in [4.69, 9.17) is 5.73 Å². The van der Waals surface area contributed by atoms with Gasteiger partial charge in [0.05, 0.1) is 0 Å². The van der Waals surface area contributed by atoms with Crippen molar-refractivity contribution in [2.45, 2.75) is 38.3 Å². The molecule has 2 aliphatic rings. The van der Waals surface area contributed by atoms with Crippen molar-refractivity contribution in [2.75, 3.05) is 32.7 Å². The Bertz CT molecular complexity index is 197. The van der Waals surface area contributed by atoms with Crippen molar-refractivity contribution >= 4 is 0 Å². The molecular weight excluding hydrogens is 174 g/mol. The Morgan fingerprint density at radius 3 is 2.79 bits per heavy atom. The quantitative estimate of drug-likeness (QED) is 0.700. The van der Waals surface area contributed by atoms with Gasteiger partial charge in [-0.1, -0.05) is 0 Å². The summed E-state index contributed by atoms with van der Waals surface area (Å²) in [5.41, 5.74) is 6.01. The molecule has 82 valence electrons. The first-order valence-corrected chi connectivity index (χ1v) is 5.80. The van der Waals surface area contributed by atoms with Crippen molar-refractivity contribution in [3.8, 4) is 0 Å². The molecule has 2 N–H and O–H groups in total. The summed E-state index contributed by atoms with van der Waals surface area (Å²) in [6.07, 6.45) is 2.78. The van der Waals surface area contributed by atoms with Gasteiger partial charge in [-0.05, 0) is 33.2 Å². The average molecular weight is 197 g/mol. The van der Waals surface area contributed by atoms with E-state index in [0.29, 0.717) is 0 Å². The number of fused-ring (bicyclic) bond motifs is 1. The van der Waals surface area contributed by atoms with Crippen LogP contribution in [0.4, 0.5) is 0 Å². The first-order chi connectivity index (χ1) is 6.54. The van der Waals surface area contributed by atoms with E-state index >= 15 is 0 Å². The predicted molar refractivity (Wildman–Crippen MR) is 59.3 cm³/mol. The normalized spacial score (nSPS) is 30.6. The van der Waals surface area contributed by atoms with Gasteiger partial charge in [-0.25, -0.2) is 0 Å². The molecule has 0 aromatic heterocycles. The van der Waals surface area contributed by atoms with Gasteiger partial charge in [-0.3, -0.25) is 9.80 Å². The zero-order valence-corrected chi connectivity index (χ0v) is 9.50. The van der Waals surface area contributed by atoms with Gasteiger partial charge in [-0.2, -0.15) is 0 Å². The number of hydrogen-bond acceptors (Lipinski definition) is 3. The van der Waals surface area contributed by atoms with Gasteiger partial charge < -0.3 is 5.73 Å². The van der Waals surface area contributed by atoms with Gasteiger partial charge in [0, 0.05) is 37.8 Å². The first kappa shape index (κ1) is 10.4. The highest BCUT2D eigenvalue weighted by Gasteiger charge is 2.31. The fourth-order valence-electron chi connectivity index (χ4n) is 2.78. The lowest BCUT2D eigenvalue weighted by Crippen LogP contribution is -2.55. The average Bonchev–Trinajstić information content (AvgIpc) is 2.47. The lowest BCUT2D eigenvalue weighted by molar-refractivity contribution is 0.0908. The second-order valence-electron chi connectivity index (χ2n) is 5.56. The molecule has 0 aromatic carbocycles. The molecule has 14 heavy (non-hydrogen) atoms. The smallest absolute Gasteiger partial charge is 0.0226 e. The fraction of sp³-hybridized carbons (Fsp3) is 1.00. The van der Waals surface area contributed by atoms with Crippen LogP contribution in [0, 0.1) is 0 Å². The largest absolute Gasteiger partial charge is 0.324 e. The minimum Gasteiger partial charge on any atom is -0.324 e. The highest BCUT2D eigenvalue weighted by Crippen LogP contribution is 2.21. The molecule has 0 radical (unpaired) electrons. The molecule has 0 amide bonds. The molecule has 0 bridgehead atoms. The Hall–Kier alpha value is -0.120. The third kappa shape index (κ3) is 2.47. The van der Waals surface area contributed by atoms with Gasteiger partial charge in [0.25, 0.3) is 0 Å². The summed E-state index contributed by atoms with van der Waals surface area (Å²) >= 11 is 0. The van der Waals surface area contributed by atoms with E-state index in [0.717, 1.165) is 12.6 Å².